The fraction of sp³-hybridized carbons (Fsp3) is 0.0625. The summed E-state index contributed by atoms with van der Waals surface area (Å²) < 4.78 is 0. The second-order valence-corrected chi connectivity index (χ2v) is 4.85. The third-order valence-corrected chi connectivity index (χ3v) is 3.52. The van der Waals surface area contributed by atoms with Crippen molar-refractivity contribution in [2.45, 2.75) is 11.5 Å². The van der Waals surface area contributed by atoms with Gasteiger partial charge in [0.15, 0.2) is 0 Å². The lowest BCUT2D eigenvalue weighted by Gasteiger charge is -2.10. The summed E-state index contributed by atoms with van der Waals surface area (Å²) in [7, 11) is 0. The van der Waals surface area contributed by atoms with Crippen molar-refractivity contribution >= 4 is 23.5 Å². The molecule has 0 unspecified atom stereocenters. The average Bonchev–Trinajstić information content (AvgIpc) is 2.46. The quantitative estimate of drug-likeness (QED) is 0.694. The number of para-hydroxylation sites is 1. The molecule has 2 aromatic carbocycles. The predicted molar refractivity (Wildman–Crippen MR) is 80.4 cm³/mol. The molecule has 0 saturated carbocycles. The van der Waals surface area contributed by atoms with Gasteiger partial charge in [-0.15, -0.1) is 12.6 Å². The van der Waals surface area contributed by atoms with Gasteiger partial charge in [0.05, 0.1) is 17.8 Å². The first-order valence-electron chi connectivity index (χ1n) is 6.07. The zero-order valence-corrected chi connectivity index (χ0v) is 11.1. The van der Waals surface area contributed by atoms with Gasteiger partial charge in [-0.05, 0) is 18.2 Å². The van der Waals surface area contributed by atoms with Crippen LogP contribution in [0.15, 0.2) is 59.5 Å². The Morgan fingerprint density at radius 3 is 2.53 bits per heavy atom. The highest BCUT2D eigenvalue weighted by atomic mass is 32.1. The molecule has 19 heavy (non-hydrogen) atoms. The van der Waals surface area contributed by atoms with Crippen molar-refractivity contribution < 1.29 is 5.11 Å². The van der Waals surface area contributed by atoms with Gasteiger partial charge in [-0.2, -0.15) is 0 Å². The molecule has 3 aromatic rings. The number of rotatable bonds is 2. The third kappa shape index (κ3) is 2.23. The predicted octanol–water partition coefficient (Wildman–Crippen LogP) is 3.68. The van der Waals surface area contributed by atoms with Gasteiger partial charge in [0.2, 0.25) is 0 Å². The van der Waals surface area contributed by atoms with E-state index in [-0.39, 0.29) is 6.61 Å². The molecule has 0 radical (unpaired) electrons. The summed E-state index contributed by atoms with van der Waals surface area (Å²) in [6, 6.07) is 17.7. The molecule has 0 saturated heterocycles. The standard InChI is InChI=1S/C16H13NOS/c18-10-12-9-11-5-1-3-7-14(11)17-16(12)13-6-2-4-8-15(13)19/h1-9,18-19H,10H2. The van der Waals surface area contributed by atoms with Crippen LogP contribution in [-0.2, 0) is 6.61 Å². The zero-order chi connectivity index (χ0) is 13.2. The van der Waals surface area contributed by atoms with E-state index in [1.54, 1.807) is 0 Å². The van der Waals surface area contributed by atoms with Crippen LogP contribution in [0.1, 0.15) is 5.56 Å². The van der Waals surface area contributed by atoms with Gasteiger partial charge in [0.25, 0.3) is 0 Å². The Kier molecular flexibility index (Phi) is 3.23. The topological polar surface area (TPSA) is 33.1 Å². The Bertz CT molecular complexity index is 740. The fourth-order valence-corrected chi connectivity index (χ4v) is 2.45. The summed E-state index contributed by atoms with van der Waals surface area (Å²) in [5.41, 5.74) is 3.49. The number of hydrogen-bond acceptors (Lipinski definition) is 3. The van der Waals surface area contributed by atoms with E-state index in [4.69, 9.17) is 0 Å². The molecule has 0 aliphatic heterocycles. The van der Waals surface area contributed by atoms with Gasteiger partial charge >= 0.3 is 0 Å². The minimum atomic E-state index is -0.0325. The summed E-state index contributed by atoms with van der Waals surface area (Å²) in [5, 5.41) is 10.6. The monoisotopic (exact) mass is 267 g/mol. The SMILES string of the molecule is OCc1cc2ccccc2nc1-c1ccccc1S. The van der Waals surface area contributed by atoms with Gasteiger partial charge in [-0.3, -0.25) is 0 Å². The van der Waals surface area contributed by atoms with Crippen LogP contribution in [0.3, 0.4) is 0 Å². The molecule has 0 aliphatic carbocycles. The Morgan fingerprint density at radius 1 is 1.00 bits per heavy atom. The third-order valence-electron chi connectivity index (χ3n) is 3.13. The van der Waals surface area contributed by atoms with E-state index < -0.39 is 0 Å². The lowest BCUT2D eigenvalue weighted by atomic mass is 10.0. The first-order chi connectivity index (χ1) is 9.29. The number of aliphatic hydroxyl groups is 1. The van der Waals surface area contributed by atoms with E-state index in [0.717, 1.165) is 32.6 Å². The van der Waals surface area contributed by atoms with Crippen LogP contribution in [-0.4, -0.2) is 10.1 Å². The van der Waals surface area contributed by atoms with Gasteiger partial charge in [-0.25, -0.2) is 4.98 Å². The molecule has 0 atom stereocenters. The largest absolute Gasteiger partial charge is 0.392 e. The van der Waals surface area contributed by atoms with Crippen LogP contribution in [0.5, 0.6) is 0 Å². The van der Waals surface area contributed by atoms with E-state index in [9.17, 15) is 5.11 Å². The van der Waals surface area contributed by atoms with E-state index in [1.807, 2.05) is 54.6 Å². The summed E-state index contributed by atoms with van der Waals surface area (Å²) in [4.78, 5) is 5.53. The molecular formula is C16H13NOS. The molecule has 2 nitrogen and oxygen atoms in total. The normalized spacial score (nSPS) is 10.8. The minimum Gasteiger partial charge on any atom is -0.392 e. The molecule has 1 N–H and O–H groups in total. The van der Waals surface area contributed by atoms with Crippen LogP contribution < -0.4 is 0 Å². The zero-order valence-electron chi connectivity index (χ0n) is 10.2. The van der Waals surface area contributed by atoms with Crippen molar-refractivity contribution in [3.05, 3.63) is 60.2 Å². The summed E-state index contributed by atoms with van der Waals surface area (Å²) in [5.74, 6) is 0. The lowest BCUT2D eigenvalue weighted by Crippen LogP contribution is -1.95. The molecular weight excluding hydrogens is 254 g/mol. The Labute approximate surface area is 117 Å². The molecule has 94 valence electrons. The van der Waals surface area contributed by atoms with Gasteiger partial charge < -0.3 is 5.11 Å². The Balaban J connectivity index is 2.31. The number of aromatic nitrogens is 1. The van der Waals surface area contributed by atoms with Gasteiger partial charge in [0, 0.05) is 21.4 Å². The van der Waals surface area contributed by atoms with E-state index >= 15 is 0 Å². The maximum atomic E-state index is 9.57. The van der Waals surface area contributed by atoms with Crippen LogP contribution in [0.4, 0.5) is 0 Å². The first kappa shape index (κ1) is 12.2. The van der Waals surface area contributed by atoms with Crippen LogP contribution in [0, 0.1) is 0 Å². The number of benzene rings is 2. The molecule has 0 spiro atoms. The minimum absolute atomic E-state index is 0.0325. The molecule has 0 amide bonds. The van der Waals surface area contributed by atoms with Crippen molar-refractivity contribution in [2.75, 3.05) is 0 Å². The smallest absolute Gasteiger partial charge is 0.0776 e. The number of hydrogen-bond donors (Lipinski definition) is 2. The van der Waals surface area contributed by atoms with Crippen molar-refractivity contribution in [3.8, 4) is 11.3 Å². The maximum Gasteiger partial charge on any atom is 0.0776 e. The number of fused-ring (bicyclic) bond motifs is 1. The van der Waals surface area contributed by atoms with Crippen LogP contribution in [0.2, 0.25) is 0 Å². The van der Waals surface area contributed by atoms with E-state index in [1.165, 1.54) is 0 Å². The molecule has 3 rings (SSSR count). The first-order valence-corrected chi connectivity index (χ1v) is 6.52. The highest BCUT2D eigenvalue weighted by molar-refractivity contribution is 7.80. The van der Waals surface area contributed by atoms with Gasteiger partial charge in [0.1, 0.15) is 0 Å². The van der Waals surface area contributed by atoms with Crippen molar-refractivity contribution in [1.82, 2.24) is 4.98 Å². The molecule has 3 heteroatoms. The maximum absolute atomic E-state index is 9.57. The molecule has 0 aliphatic rings. The Hall–Kier alpha value is -1.84. The highest BCUT2D eigenvalue weighted by Gasteiger charge is 2.10. The number of pyridine rings is 1. The van der Waals surface area contributed by atoms with Gasteiger partial charge in [-0.1, -0.05) is 36.4 Å². The fourth-order valence-electron chi connectivity index (χ4n) is 2.19. The lowest BCUT2D eigenvalue weighted by molar-refractivity contribution is 0.282. The number of thiol groups is 1. The van der Waals surface area contributed by atoms with E-state index in [2.05, 4.69) is 17.6 Å². The van der Waals surface area contributed by atoms with Crippen molar-refractivity contribution in [3.63, 3.8) is 0 Å². The second kappa shape index (κ2) is 5.03. The molecule has 1 aromatic heterocycles. The number of nitrogens with zero attached hydrogens (tertiary/aromatic N) is 1. The highest BCUT2D eigenvalue weighted by Crippen LogP contribution is 2.30. The molecule has 0 bridgehead atoms. The van der Waals surface area contributed by atoms with Crippen LogP contribution in [0.25, 0.3) is 22.2 Å². The molecule has 0 fully saturated rings. The summed E-state index contributed by atoms with van der Waals surface area (Å²) in [6.07, 6.45) is 0. The second-order valence-electron chi connectivity index (χ2n) is 4.36. The van der Waals surface area contributed by atoms with Crippen molar-refractivity contribution in [1.29, 1.82) is 0 Å². The molecule has 1 heterocycles. The van der Waals surface area contributed by atoms with E-state index in [0.29, 0.717) is 0 Å². The summed E-state index contributed by atoms with van der Waals surface area (Å²) >= 11 is 4.47. The van der Waals surface area contributed by atoms with Crippen LogP contribution >= 0.6 is 12.6 Å². The Morgan fingerprint density at radius 2 is 1.74 bits per heavy atom. The average molecular weight is 267 g/mol. The summed E-state index contributed by atoms with van der Waals surface area (Å²) in [6.45, 7) is -0.0325. The van der Waals surface area contributed by atoms with Crippen molar-refractivity contribution in [2.24, 2.45) is 0 Å². The number of aliphatic hydroxyl groups excluding tert-OH is 1.